The van der Waals surface area contributed by atoms with Gasteiger partial charge in [-0.2, -0.15) is 0 Å². The number of rotatable bonds is 2. The van der Waals surface area contributed by atoms with Crippen LogP contribution in [-0.2, 0) is 19.5 Å². The topological polar surface area (TPSA) is 42.1 Å². The summed E-state index contributed by atoms with van der Waals surface area (Å²) in [6, 6.07) is 6.45. The molecular formula is C13H14BrN3S. The molecule has 1 aromatic carbocycles. The molecule has 2 aromatic rings. The number of halogens is 1. The van der Waals surface area contributed by atoms with Crippen molar-refractivity contribution in [2.75, 3.05) is 12.3 Å². The molecule has 0 radical (unpaired) electrons. The lowest BCUT2D eigenvalue weighted by Gasteiger charge is -2.28. The van der Waals surface area contributed by atoms with Crippen LogP contribution in [0.25, 0.3) is 0 Å². The number of anilines is 1. The summed E-state index contributed by atoms with van der Waals surface area (Å²) < 4.78 is 1.24. The molecule has 0 saturated carbocycles. The zero-order valence-electron chi connectivity index (χ0n) is 9.90. The summed E-state index contributed by atoms with van der Waals surface area (Å²) in [5.74, 6) is 0. The van der Waals surface area contributed by atoms with Gasteiger partial charge in [0.2, 0.25) is 0 Å². The van der Waals surface area contributed by atoms with Gasteiger partial charge in [0, 0.05) is 35.2 Å². The molecule has 5 heteroatoms. The molecule has 0 bridgehead atoms. The quantitative estimate of drug-likeness (QED) is 0.923. The van der Waals surface area contributed by atoms with Gasteiger partial charge in [0.05, 0.1) is 0 Å². The Morgan fingerprint density at radius 2 is 2.33 bits per heavy atom. The van der Waals surface area contributed by atoms with Gasteiger partial charge in [0.25, 0.3) is 0 Å². The number of nitrogens with zero attached hydrogens (tertiary/aromatic N) is 2. The smallest absolute Gasteiger partial charge is 0.180 e. The number of aromatic nitrogens is 1. The molecule has 2 N–H and O–H groups in total. The number of fused-ring (bicyclic) bond motifs is 1. The van der Waals surface area contributed by atoms with Gasteiger partial charge < -0.3 is 5.73 Å². The van der Waals surface area contributed by atoms with Crippen LogP contribution >= 0.6 is 27.3 Å². The SMILES string of the molecule is Nc1ncc(CN2CCc3c(Br)cccc3C2)s1. The number of hydrogen-bond acceptors (Lipinski definition) is 4. The zero-order valence-corrected chi connectivity index (χ0v) is 12.3. The van der Waals surface area contributed by atoms with Crippen molar-refractivity contribution in [1.29, 1.82) is 0 Å². The predicted molar refractivity (Wildman–Crippen MR) is 78.5 cm³/mol. The maximum atomic E-state index is 5.66. The fourth-order valence-electron chi connectivity index (χ4n) is 2.37. The molecule has 1 aromatic heterocycles. The number of hydrogen-bond donors (Lipinski definition) is 1. The summed E-state index contributed by atoms with van der Waals surface area (Å²) in [4.78, 5) is 7.79. The van der Waals surface area contributed by atoms with Gasteiger partial charge in [-0.3, -0.25) is 4.90 Å². The van der Waals surface area contributed by atoms with Crippen LogP contribution in [0.3, 0.4) is 0 Å². The summed E-state index contributed by atoms with van der Waals surface area (Å²) in [6.07, 6.45) is 2.99. The van der Waals surface area contributed by atoms with Crippen LogP contribution in [0.5, 0.6) is 0 Å². The van der Waals surface area contributed by atoms with E-state index >= 15 is 0 Å². The summed E-state index contributed by atoms with van der Waals surface area (Å²) in [7, 11) is 0. The fraction of sp³-hybridized carbons (Fsp3) is 0.308. The van der Waals surface area contributed by atoms with Gasteiger partial charge in [-0.15, -0.1) is 11.3 Å². The first kappa shape index (κ1) is 12.1. The van der Waals surface area contributed by atoms with Crippen LogP contribution in [0.1, 0.15) is 16.0 Å². The van der Waals surface area contributed by atoms with Gasteiger partial charge in [0.15, 0.2) is 5.13 Å². The van der Waals surface area contributed by atoms with Crippen LogP contribution in [0.4, 0.5) is 5.13 Å². The summed E-state index contributed by atoms with van der Waals surface area (Å²) in [6.45, 7) is 3.04. The Hall–Kier alpha value is -0.910. The van der Waals surface area contributed by atoms with Gasteiger partial charge in [-0.25, -0.2) is 4.98 Å². The molecule has 94 valence electrons. The Kier molecular flexibility index (Phi) is 3.37. The highest BCUT2D eigenvalue weighted by Crippen LogP contribution is 2.27. The molecule has 1 aliphatic rings. The van der Waals surface area contributed by atoms with Crippen LogP contribution in [0.15, 0.2) is 28.9 Å². The van der Waals surface area contributed by atoms with E-state index in [1.807, 2.05) is 6.20 Å². The highest BCUT2D eigenvalue weighted by Gasteiger charge is 2.18. The predicted octanol–water partition coefficient (Wildman–Crippen LogP) is 3.05. The van der Waals surface area contributed by atoms with E-state index in [2.05, 4.69) is 44.0 Å². The van der Waals surface area contributed by atoms with E-state index in [0.29, 0.717) is 5.13 Å². The molecule has 18 heavy (non-hydrogen) atoms. The van der Waals surface area contributed by atoms with Gasteiger partial charge in [0.1, 0.15) is 0 Å². The number of benzene rings is 1. The largest absolute Gasteiger partial charge is 0.375 e. The third-order valence-corrected chi connectivity index (χ3v) is 4.79. The minimum Gasteiger partial charge on any atom is -0.375 e. The van der Waals surface area contributed by atoms with Gasteiger partial charge >= 0.3 is 0 Å². The molecule has 0 unspecified atom stereocenters. The van der Waals surface area contributed by atoms with E-state index in [9.17, 15) is 0 Å². The maximum Gasteiger partial charge on any atom is 0.180 e. The zero-order chi connectivity index (χ0) is 12.5. The van der Waals surface area contributed by atoms with Crippen molar-refractivity contribution in [2.45, 2.75) is 19.5 Å². The van der Waals surface area contributed by atoms with Crippen LogP contribution in [-0.4, -0.2) is 16.4 Å². The van der Waals surface area contributed by atoms with E-state index in [1.54, 1.807) is 11.3 Å². The summed E-state index contributed by atoms with van der Waals surface area (Å²) in [5, 5.41) is 0.658. The Morgan fingerprint density at radius 3 is 3.11 bits per heavy atom. The molecule has 0 amide bonds. The lowest BCUT2D eigenvalue weighted by Crippen LogP contribution is -2.29. The van der Waals surface area contributed by atoms with E-state index in [0.717, 1.165) is 26.1 Å². The molecule has 3 nitrogen and oxygen atoms in total. The second-order valence-electron chi connectivity index (χ2n) is 4.50. The number of thiazole rings is 1. The molecule has 3 rings (SSSR count). The van der Waals surface area contributed by atoms with Gasteiger partial charge in [-0.05, 0) is 23.6 Å². The third kappa shape index (κ3) is 2.43. The maximum absolute atomic E-state index is 5.66. The second kappa shape index (κ2) is 4.99. The Bertz CT molecular complexity index is 567. The molecule has 0 fully saturated rings. The molecule has 1 aliphatic heterocycles. The Morgan fingerprint density at radius 1 is 1.44 bits per heavy atom. The van der Waals surface area contributed by atoms with Crippen LogP contribution in [0.2, 0.25) is 0 Å². The van der Waals surface area contributed by atoms with E-state index in [-0.39, 0.29) is 0 Å². The minimum atomic E-state index is 0.658. The van der Waals surface area contributed by atoms with Crippen molar-refractivity contribution in [3.63, 3.8) is 0 Å². The summed E-state index contributed by atoms with van der Waals surface area (Å²) in [5.41, 5.74) is 8.54. The number of nitrogens with two attached hydrogens (primary N) is 1. The first-order valence-corrected chi connectivity index (χ1v) is 7.52. The Balaban J connectivity index is 1.75. The molecule has 0 spiro atoms. The lowest BCUT2D eigenvalue weighted by molar-refractivity contribution is 0.247. The Labute approximate surface area is 119 Å². The lowest BCUT2D eigenvalue weighted by atomic mass is 10.00. The van der Waals surface area contributed by atoms with Crippen LogP contribution in [0, 0.1) is 0 Å². The molecular weight excluding hydrogens is 310 g/mol. The second-order valence-corrected chi connectivity index (χ2v) is 6.50. The first-order chi connectivity index (χ1) is 8.72. The standard InChI is InChI=1S/C13H14BrN3S/c14-12-3-1-2-9-7-17(5-4-11(9)12)8-10-6-16-13(15)18-10/h1-3,6H,4-5,7-8H2,(H2,15,16). The summed E-state index contributed by atoms with van der Waals surface area (Å²) >= 11 is 5.21. The molecule has 0 aliphatic carbocycles. The van der Waals surface area contributed by atoms with E-state index in [1.165, 1.54) is 20.5 Å². The molecule has 0 saturated heterocycles. The van der Waals surface area contributed by atoms with Crippen molar-refractivity contribution in [1.82, 2.24) is 9.88 Å². The fourth-order valence-corrected chi connectivity index (χ4v) is 3.70. The molecule has 2 heterocycles. The average Bonchev–Trinajstić information content (AvgIpc) is 2.75. The van der Waals surface area contributed by atoms with Crippen molar-refractivity contribution in [2.24, 2.45) is 0 Å². The van der Waals surface area contributed by atoms with Gasteiger partial charge in [-0.1, -0.05) is 28.1 Å². The average molecular weight is 324 g/mol. The number of nitrogen functional groups attached to an aromatic ring is 1. The highest BCUT2D eigenvalue weighted by atomic mass is 79.9. The normalized spacial score (nSPS) is 15.6. The highest BCUT2D eigenvalue weighted by molar-refractivity contribution is 9.10. The van der Waals surface area contributed by atoms with Crippen LogP contribution < -0.4 is 5.73 Å². The van der Waals surface area contributed by atoms with Crippen molar-refractivity contribution in [3.05, 3.63) is 44.9 Å². The van der Waals surface area contributed by atoms with Crippen molar-refractivity contribution in [3.8, 4) is 0 Å². The van der Waals surface area contributed by atoms with E-state index < -0.39 is 0 Å². The molecule has 0 atom stereocenters. The van der Waals surface area contributed by atoms with Crippen molar-refractivity contribution >= 4 is 32.4 Å². The van der Waals surface area contributed by atoms with Crippen molar-refractivity contribution < 1.29 is 0 Å². The monoisotopic (exact) mass is 323 g/mol. The minimum absolute atomic E-state index is 0.658. The third-order valence-electron chi connectivity index (χ3n) is 3.24. The van der Waals surface area contributed by atoms with E-state index in [4.69, 9.17) is 5.73 Å². The first-order valence-electron chi connectivity index (χ1n) is 5.91.